The summed E-state index contributed by atoms with van der Waals surface area (Å²) < 4.78 is 2.22. The average molecular weight is 288 g/mol. The van der Waals surface area contributed by atoms with Crippen LogP contribution in [-0.4, -0.2) is 32.9 Å². The summed E-state index contributed by atoms with van der Waals surface area (Å²) in [5.41, 5.74) is -0.993. The molecule has 6 nitrogen and oxygen atoms in total. The molecule has 1 rings (SSSR count). The largest absolute Gasteiger partial charge is 0.494 e. The lowest BCUT2D eigenvalue weighted by molar-refractivity contribution is 0.394. The summed E-state index contributed by atoms with van der Waals surface area (Å²) in [6.07, 6.45) is 2.00. The third-order valence-corrected chi connectivity index (χ3v) is 2.97. The monoisotopic (exact) mass is 287 g/mol. The second kappa shape index (κ2) is 7.13. The molecule has 0 spiro atoms. The number of aliphatic imine (C=N–C) groups is 1. The van der Waals surface area contributed by atoms with E-state index in [-0.39, 0.29) is 24.5 Å². The predicted molar refractivity (Wildman–Crippen MR) is 75.8 cm³/mol. The molecule has 1 aromatic heterocycles. The van der Waals surface area contributed by atoms with E-state index in [1.807, 2.05) is 0 Å². The highest BCUT2D eigenvalue weighted by Crippen LogP contribution is 2.08. The quantitative estimate of drug-likeness (QED) is 0.478. The molecule has 0 bridgehead atoms. The Kier molecular flexibility index (Phi) is 5.82. The molecule has 0 saturated carbocycles. The molecular formula is C12H18ClN3O3. The van der Waals surface area contributed by atoms with Gasteiger partial charge in [-0.3, -0.25) is 18.9 Å². The summed E-state index contributed by atoms with van der Waals surface area (Å²) in [5.74, 6) is 0.147. The van der Waals surface area contributed by atoms with Crippen molar-refractivity contribution in [1.29, 1.82) is 0 Å². The number of hydrogen-bond donors (Lipinski definition) is 1. The molecule has 0 radical (unpaired) electrons. The Morgan fingerprint density at radius 1 is 1.26 bits per heavy atom. The lowest BCUT2D eigenvalue weighted by Gasteiger charge is -2.11. The highest BCUT2D eigenvalue weighted by molar-refractivity contribution is 6.17. The van der Waals surface area contributed by atoms with E-state index in [1.54, 1.807) is 13.8 Å². The van der Waals surface area contributed by atoms with E-state index >= 15 is 0 Å². The van der Waals surface area contributed by atoms with Crippen molar-refractivity contribution in [2.24, 2.45) is 4.99 Å². The number of aromatic nitrogens is 2. The van der Waals surface area contributed by atoms with Gasteiger partial charge in [-0.1, -0.05) is 0 Å². The molecule has 0 atom stereocenters. The van der Waals surface area contributed by atoms with E-state index in [4.69, 9.17) is 11.6 Å². The van der Waals surface area contributed by atoms with Crippen LogP contribution >= 0.6 is 11.6 Å². The van der Waals surface area contributed by atoms with E-state index in [1.165, 1.54) is 6.21 Å². The van der Waals surface area contributed by atoms with Crippen LogP contribution in [-0.2, 0) is 13.1 Å². The number of halogens is 1. The number of rotatable bonds is 6. The molecule has 7 heteroatoms. The van der Waals surface area contributed by atoms with Crippen molar-refractivity contribution in [3.8, 4) is 5.88 Å². The van der Waals surface area contributed by atoms with Gasteiger partial charge in [-0.25, -0.2) is 4.79 Å². The summed E-state index contributed by atoms with van der Waals surface area (Å²) in [6, 6.07) is 0. The normalized spacial score (nSPS) is 11.3. The first-order chi connectivity index (χ1) is 9.08. The molecular weight excluding hydrogens is 270 g/mol. The second-order valence-electron chi connectivity index (χ2n) is 3.89. The van der Waals surface area contributed by atoms with Crippen LogP contribution in [0.4, 0.5) is 0 Å². The molecule has 19 heavy (non-hydrogen) atoms. The fourth-order valence-corrected chi connectivity index (χ4v) is 1.81. The number of alkyl halides is 1. The van der Waals surface area contributed by atoms with Crippen LogP contribution in [0.25, 0.3) is 0 Å². The summed E-state index contributed by atoms with van der Waals surface area (Å²) in [5, 5.41) is 9.96. The van der Waals surface area contributed by atoms with Crippen LogP contribution in [0, 0.1) is 0 Å². The van der Waals surface area contributed by atoms with Gasteiger partial charge in [-0.05, 0) is 20.3 Å². The van der Waals surface area contributed by atoms with Gasteiger partial charge in [0.1, 0.15) is 5.56 Å². The van der Waals surface area contributed by atoms with E-state index in [0.29, 0.717) is 18.8 Å². The fourth-order valence-electron chi connectivity index (χ4n) is 1.69. The zero-order chi connectivity index (χ0) is 14.4. The van der Waals surface area contributed by atoms with Gasteiger partial charge in [0.05, 0.1) is 0 Å². The highest BCUT2D eigenvalue weighted by atomic mass is 35.5. The molecule has 0 aliphatic carbocycles. The fraction of sp³-hybridized carbons (Fsp3) is 0.583. The summed E-state index contributed by atoms with van der Waals surface area (Å²) in [4.78, 5) is 28.0. The summed E-state index contributed by atoms with van der Waals surface area (Å²) in [6.45, 7) is 4.43. The van der Waals surface area contributed by atoms with Gasteiger partial charge in [-0.2, -0.15) is 0 Å². The van der Waals surface area contributed by atoms with Crippen LogP contribution in [0.3, 0.4) is 0 Å². The van der Waals surface area contributed by atoms with Gasteiger partial charge in [-0.15, -0.1) is 11.6 Å². The Balaban J connectivity index is 3.35. The Morgan fingerprint density at radius 3 is 2.42 bits per heavy atom. The zero-order valence-electron chi connectivity index (χ0n) is 11.1. The van der Waals surface area contributed by atoms with Crippen LogP contribution in [0.2, 0.25) is 0 Å². The molecule has 106 valence electrons. The minimum atomic E-state index is -0.524. The van der Waals surface area contributed by atoms with Gasteiger partial charge >= 0.3 is 5.69 Å². The Labute approximate surface area is 116 Å². The third-order valence-electron chi connectivity index (χ3n) is 2.71. The Bertz CT molecular complexity index is 575. The van der Waals surface area contributed by atoms with Crippen LogP contribution in [0.5, 0.6) is 5.88 Å². The molecule has 0 saturated heterocycles. The molecule has 0 aliphatic rings. The first kappa shape index (κ1) is 15.5. The van der Waals surface area contributed by atoms with Gasteiger partial charge in [0.2, 0.25) is 5.88 Å². The molecule has 0 fully saturated rings. The molecule has 0 amide bonds. The molecule has 0 unspecified atom stereocenters. The Hall–Kier alpha value is -1.56. The van der Waals surface area contributed by atoms with Gasteiger partial charge in [0, 0.05) is 31.7 Å². The zero-order valence-corrected chi connectivity index (χ0v) is 11.9. The first-order valence-corrected chi connectivity index (χ1v) is 6.74. The van der Waals surface area contributed by atoms with Crippen molar-refractivity contribution in [1.82, 2.24) is 9.13 Å². The van der Waals surface area contributed by atoms with Gasteiger partial charge < -0.3 is 5.11 Å². The van der Waals surface area contributed by atoms with E-state index in [2.05, 4.69) is 4.99 Å². The summed E-state index contributed by atoms with van der Waals surface area (Å²) in [7, 11) is 0. The van der Waals surface area contributed by atoms with E-state index in [0.717, 1.165) is 9.13 Å². The molecule has 0 aliphatic heterocycles. The lowest BCUT2D eigenvalue weighted by atomic mass is 10.3. The maximum atomic E-state index is 12.0. The van der Waals surface area contributed by atoms with Crippen molar-refractivity contribution < 1.29 is 5.11 Å². The Morgan fingerprint density at radius 2 is 1.89 bits per heavy atom. The molecule has 0 aromatic carbocycles. The van der Waals surface area contributed by atoms with E-state index < -0.39 is 11.2 Å². The SMILES string of the molecule is CCn1c(O)c(C=NCCCCl)c(=O)n(CC)c1=O. The molecule has 1 heterocycles. The maximum Gasteiger partial charge on any atom is 0.333 e. The second-order valence-corrected chi connectivity index (χ2v) is 4.27. The topological polar surface area (TPSA) is 76.6 Å². The third kappa shape index (κ3) is 3.26. The minimum Gasteiger partial charge on any atom is -0.494 e. The van der Waals surface area contributed by atoms with Crippen LogP contribution < -0.4 is 11.2 Å². The van der Waals surface area contributed by atoms with E-state index in [9.17, 15) is 14.7 Å². The average Bonchev–Trinajstić information content (AvgIpc) is 2.39. The van der Waals surface area contributed by atoms with Crippen molar-refractivity contribution in [2.45, 2.75) is 33.4 Å². The predicted octanol–water partition coefficient (Wildman–Crippen LogP) is 0.803. The smallest absolute Gasteiger partial charge is 0.333 e. The number of aromatic hydroxyl groups is 1. The maximum absolute atomic E-state index is 12.0. The summed E-state index contributed by atoms with van der Waals surface area (Å²) >= 11 is 5.53. The van der Waals surface area contributed by atoms with Gasteiger partial charge in [0.15, 0.2) is 0 Å². The van der Waals surface area contributed by atoms with Crippen molar-refractivity contribution in [2.75, 3.05) is 12.4 Å². The molecule has 1 N–H and O–H groups in total. The van der Waals surface area contributed by atoms with Crippen LogP contribution in [0.15, 0.2) is 14.6 Å². The van der Waals surface area contributed by atoms with Crippen molar-refractivity contribution in [3.05, 3.63) is 26.4 Å². The minimum absolute atomic E-state index is 0.0397. The van der Waals surface area contributed by atoms with Crippen molar-refractivity contribution in [3.63, 3.8) is 0 Å². The lowest BCUT2D eigenvalue weighted by Crippen LogP contribution is -2.41. The standard InChI is InChI=1S/C12H18ClN3O3/c1-3-15-10(17)9(8-14-7-5-6-13)11(18)16(4-2)12(15)19/h8,17H,3-7H2,1-2H3. The van der Waals surface area contributed by atoms with Gasteiger partial charge in [0.25, 0.3) is 5.56 Å². The first-order valence-electron chi connectivity index (χ1n) is 6.20. The van der Waals surface area contributed by atoms with Crippen LogP contribution in [0.1, 0.15) is 25.8 Å². The number of nitrogens with zero attached hydrogens (tertiary/aromatic N) is 3. The van der Waals surface area contributed by atoms with Crippen molar-refractivity contribution >= 4 is 17.8 Å². The number of hydrogen-bond acceptors (Lipinski definition) is 4. The molecule has 1 aromatic rings. The highest BCUT2D eigenvalue weighted by Gasteiger charge is 2.15.